The van der Waals surface area contributed by atoms with Gasteiger partial charge in [0.05, 0.1) is 27.9 Å². The molecule has 1 aromatic heterocycles. The monoisotopic (exact) mass is 401 g/mol. The first-order valence-corrected chi connectivity index (χ1v) is 9.14. The molecule has 1 N–H and O–H groups in total. The third-order valence-corrected chi connectivity index (χ3v) is 4.60. The van der Waals surface area contributed by atoms with Crippen molar-refractivity contribution in [1.82, 2.24) is 4.57 Å². The molecule has 7 heteroatoms. The molecule has 1 atom stereocenters. The molecule has 0 fully saturated rings. The Morgan fingerprint density at radius 3 is 2.24 bits per heavy atom. The standard InChI is InChI=1S/C22H27NO6/c1-13(2)11-14(3)18(24)17-19(25)20(28-5)22(29-6)23(21(17)26)12-15-7-9-16(27-4)10-8-15/h7-10,14,25H,1,11-12H2,2-6H3. The molecule has 0 spiro atoms. The summed E-state index contributed by atoms with van der Waals surface area (Å²) in [5.41, 5.74) is 0.635. The van der Waals surface area contributed by atoms with Crippen LogP contribution in [0.1, 0.15) is 36.2 Å². The first-order chi connectivity index (χ1) is 13.7. The molecule has 0 radical (unpaired) electrons. The number of aromatic nitrogens is 1. The van der Waals surface area contributed by atoms with Crippen molar-refractivity contribution in [2.45, 2.75) is 26.8 Å². The van der Waals surface area contributed by atoms with Crippen LogP contribution in [0.3, 0.4) is 0 Å². The van der Waals surface area contributed by atoms with Gasteiger partial charge in [0.1, 0.15) is 11.3 Å². The Balaban J connectivity index is 2.63. The average molecular weight is 401 g/mol. The number of hydrogen-bond acceptors (Lipinski definition) is 6. The van der Waals surface area contributed by atoms with Gasteiger partial charge in [-0.2, -0.15) is 0 Å². The van der Waals surface area contributed by atoms with Gasteiger partial charge >= 0.3 is 0 Å². The molecule has 7 nitrogen and oxygen atoms in total. The summed E-state index contributed by atoms with van der Waals surface area (Å²) >= 11 is 0. The lowest BCUT2D eigenvalue weighted by molar-refractivity contribution is 0.0923. The van der Waals surface area contributed by atoms with E-state index in [0.29, 0.717) is 12.2 Å². The van der Waals surface area contributed by atoms with Gasteiger partial charge in [-0.3, -0.25) is 14.2 Å². The van der Waals surface area contributed by atoms with Crippen LogP contribution >= 0.6 is 0 Å². The quantitative estimate of drug-likeness (QED) is 0.512. The van der Waals surface area contributed by atoms with Gasteiger partial charge < -0.3 is 19.3 Å². The van der Waals surface area contributed by atoms with Crippen molar-refractivity contribution in [2.75, 3.05) is 21.3 Å². The van der Waals surface area contributed by atoms with Crippen LogP contribution in [0.2, 0.25) is 0 Å². The molecule has 0 amide bonds. The number of Topliss-reactive ketones (excluding diaryl/α,β-unsaturated/α-hetero) is 1. The zero-order valence-corrected chi connectivity index (χ0v) is 17.4. The molecule has 0 saturated carbocycles. The number of carbonyl (C=O) groups excluding carboxylic acids is 1. The number of carbonyl (C=O) groups is 1. The van der Waals surface area contributed by atoms with Crippen molar-refractivity contribution in [2.24, 2.45) is 5.92 Å². The Morgan fingerprint density at radius 1 is 1.14 bits per heavy atom. The summed E-state index contributed by atoms with van der Waals surface area (Å²) in [4.78, 5) is 26.1. The summed E-state index contributed by atoms with van der Waals surface area (Å²) in [6, 6.07) is 7.14. The van der Waals surface area contributed by atoms with Gasteiger partial charge in [-0.05, 0) is 31.0 Å². The third-order valence-electron chi connectivity index (χ3n) is 4.60. The maximum atomic E-state index is 13.2. The van der Waals surface area contributed by atoms with Gasteiger partial charge in [0.25, 0.3) is 5.56 Å². The molecular weight excluding hydrogens is 374 g/mol. The van der Waals surface area contributed by atoms with Crippen LogP contribution in [-0.4, -0.2) is 36.8 Å². The number of methoxy groups -OCH3 is 3. The number of benzene rings is 1. The Morgan fingerprint density at radius 2 is 1.76 bits per heavy atom. The number of ether oxygens (including phenoxy) is 3. The number of rotatable bonds is 9. The minimum absolute atomic E-state index is 0.0370. The minimum atomic E-state index is -0.644. The van der Waals surface area contributed by atoms with Crippen molar-refractivity contribution < 1.29 is 24.1 Å². The van der Waals surface area contributed by atoms with E-state index in [1.807, 2.05) is 0 Å². The molecule has 1 unspecified atom stereocenters. The molecule has 29 heavy (non-hydrogen) atoms. The second-order valence-corrected chi connectivity index (χ2v) is 6.93. The van der Waals surface area contributed by atoms with Gasteiger partial charge in [0, 0.05) is 5.92 Å². The van der Waals surface area contributed by atoms with E-state index in [2.05, 4.69) is 6.58 Å². The van der Waals surface area contributed by atoms with Crippen molar-refractivity contribution in [3.63, 3.8) is 0 Å². The van der Waals surface area contributed by atoms with Crippen LogP contribution in [0.4, 0.5) is 0 Å². The molecule has 0 bridgehead atoms. The van der Waals surface area contributed by atoms with Crippen LogP contribution in [0.15, 0.2) is 41.2 Å². The topological polar surface area (TPSA) is 87.0 Å². The fourth-order valence-electron chi connectivity index (χ4n) is 3.19. The van der Waals surface area contributed by atoms with Gasteiger partial charge in [-0.15, -0.1) is 6.58 Å². The zero-order chi connectivity index (χ0) is 21.7. The molecule has 1 aromatic carbocycles. The normalized spacial score (nSPS) is 11.6. The highest BCUT2D eigenvalue weighted by molar-refractivity contribution is 6.00. The number of hydrogen-bond donors (Lipinski definition) is 1. The first-order valence-electron chi connectivity index (χ1n) is 9.14. The third kappa shape index (κ3) is 4.62. The summed E-state index contributed by atoms with van der Waals surface area (Å²) in [6.45, 7) is 7.44. The predicted molar refractivity (Wildman–Crippen MR) is 110 cm³/mol. The first kappa shape index (κ1) is 22.1. The second-order valence-electron chi connectivity index (χ2n) is 6.93. The minimum Gasteiger partial charge on any atom is -0.503 e. The largest absolute Gasteiger partial charge is 0.503 e. The molecule has 0 aliphatic carbocycles. The van der Waals surface area contributed by atoms with E-state index in [9.17, 15) is 14.7 Å². The van der Waals surface area contributed by atoms with E-state index in [0.717, 1.165) is 11.1 Å². The average Bonchev–Trinajstić information content (AvgIpc) is 2.69. The highest BCUT2D eigenvalue weighted by atomic mass is 16.5. The van der Waals surface area contributed by atoms with Crippen molar-refractivity contribution in [3.05, 3.63) is 57.9 Å². The lowest BCUT2D eigenvalue weighted by atomic mass is 9.93. The molecule has 2 rings (SSSR count). The van der Waals surface area contributed by atoms with E-state index in [4.69, 9.17) is 14.2 Å². The molecular formula is C22H27NO6. The second kappa shape index (κ2) is 9.32. The highest BCUT2D eigenvalue weighted by Gasteiger charge is 2.30. The van der Waals surface area contributed by atoms with Crippen LogP contribution < -0.4 is 19.8 Å². The predicted octanol–water partition coefficient (Wildman–Crippen LogP) is 3.41. The SMILES string of the molecule is C=C(C)CC(C)C(=O)c1c(O)c(OC)c(OC)n(Cc2ccc(OC)cc2)c1=O. The number of ketones is 1. The summed E-state index contributed by atoms with van der Waals surface area (Å²) in [5.74, 6) is -0.847. The maximum Gasteiger partial charge on any atom is 0.268 e. The Bertz CT molecular complexity index is 959. The number of pyridine rings is 1. The van der Waals surface area contributed by atoms with E-state index >= 15 is 0 Å². The van der Waals surface area contributed by atoms with E-state index in [1.54, 1.807) is 45.2 Å². The van der Waals surface area contributed by atoms with Crippen molar-refractivity contribution in [3.8, 4) is 23.1 Å². The van der Waals surface area contributed by atoms with Crippen LogP contribution in [0, 0.1) is 5.92 Å². The Hall–Kier alpha value is -3.22. The summed E-state index contributed by atoms with van der Waals surface area (Å²) in [5, 5.41) is 10.6. The smallest absolute Gasteiger partial charge is 0.268 e. The molecule has 0 saturated heterocycles. The maximum absolute atomic E-state index is 13.2. The van der Waals surface area contributed by atoms with E-state index in [1.165, 1.54) is 18.8 Å². The molecule has 0 aliphatic rings. The number of nitrogens with zero attached hydrogens (tertiary/aromatic N) is 1. The molecule has 0 aliphatic heterocycles. The molecule has 156 valence electrons. The summed E-state index contributed by atoms with van der Waals surface area (Å²) in [7, 11) is 4.27. The fourth-order valence-corrected chi connectivity index (χ4v) is 3.19. The lowest BCUT2D eigenvalue weighted by Gasteiger charge is -2.19. The van der Waals surface area contributed by atoms with Gasteiger partial charge in [0.2, 0.25) is 11.6 Å². The van der Waals surface area contributed by atoms with Crippen molar-refractivity contribution in [1.29, 1.82) is 0 Å². The van der Waals surface area contributed by atoms with Crippen LogP contribution in [0.25, 0.3) is 0 Å². The number of allylic oxidation sites excluding steroid dienone is 1. The van der Waals surface area contributed by atoms with Gasteiger partial charge in [0.15, 0.2) is 11.5 Å². The van der Waals surface area contributed by atoms with E-state index in [-0.39, 0.29) is 23.7 Å². The van der Waals surface area contributed by atoms with Crippen LogP contribution in [-0.2, 0) is 6.54 Å². The summed E-state index contributed by atoms with van der Waals surface area (Å²) in [6.07, 6.45) is 0.407. The highest BCUT2D eigenvalue weighted by Crippen LogP contribution is 2.38. The van der Waals surface area contributed by atoms with E-state index < -0.39 is 23.0 Å². The molecule has 2 aromatic rings. The summed E-state index contributed by atoms with van der Waals surface area (Å²) < 4.78 is 17.0. The number of aromatic hydroxyl groups is 1. The van der Waals surface area contributed by atoms with Crippen LogP contribution in [0.5, 0.6) is 23.1 Å². The zero-order valence-electron chi connectivity index (χ0n) is 17.4. The van der Waals surface area contributed by atoms with Gasteiger partial charge in [-0.1, -0.05) is 24.6 Å². The lowest BCUT2D eigenvalue weighted by Crippen LogP contribution is -2.30. The fraction of sp³-hybridized carbons (Fsp3) is 0.364. The van der Waals surface area contributed by atoms with Gasteiger partial charge in [-0.25, -0.2) is 0 Å². The Kier molecular flexibility index (Phi) is 7.09. The molecule has 1 heterocycles. The van der Waals surface area contributed by atoms with Crippen molar-refractivity contribution >= 4 is 5.78 Å². The Labute approximate surface area is 170 Å².